The van der Waals surface area contributed by atoms with Crippen molar-refractivity contribution in [3.8, 4) is 0 Å². The fourth-order valence-electron chi connectivity index (χ4n) is 2.78. The lowest BCUT2D eigenvalue weighted by Gasteiger charge is -2.33. The van der Waals surface area contributed by atoms with Crippen molar-refractivity contribution in [3.63, 3.8) is 0 Å². The zero-order valence-electron chi connectivity index (χ0n) is 12.9. The Hall–Kier alpha value is -1.53. The van der Waals surface area contributed by atoms with Gasteiger partial charge in [0.05, 0.1) is 0 Å². The third-order valence-corrected chi connectivity index (χ3v) is 3.97. The number of ether oxygens (including phenoxy) is 1. The summed E-state index contributed by atoms with van der Waals surface area (Å²) in [5, 5.41) is 6.16. The number of halogens is 2. The van der Waals surface area contributed by atoms with Crippen LogP contribution in [0.3, 0.4) is 0 Å². The summed E-state index contributed by atoms with van der Waals surface area (Å²) >= 11 is 0. The molecule has 1 amide bonds. The number of carbonyl (C=O) groups is 1. The highest BCUT2D eigenvalue weighted by Crippen LogP contribution is 2.27. The number of carbonyl (C=O) groups excluding carboxylic acids is 1. The molecule has 0 aromatic heterocycles. The van der Waals surface area contributed by atoms with E-state index in [2.05, 4.69) is 10.6 Å². The van der Waals surface area contributed by atoms with Gasteiger partial charge in [0.25, 0.3) is 0 Å². The van der Waals surface area contributed by atoms with Gasteiger partial charge in [-0.3, -0.25) is 4.79 Å². The van der Waals surface area contributed by atoms with Crippen LogP contribution in [0.5, 0.6) is 0 Å². The van der Waals surface area contributed by atoms with Crippen molar-refractivity contribution in [2.75, 3.05) is 19.7 Å². The Morgan fingerprint density at radius 1 is 1.45 bits per heavy atom. The summed E-state index contributed by atoms with van der Waals surface area (Å²) in [5.74, 6) is -1.95. The van der Waals surface area contributed by atoms with Gasteiger partial charge in [-0.1, -0.05) is 6.07 Å². The van der Waals surface area contributed by atoms with Crippen LogP contribution in [0.2, 0.25) is 0 Å². The van der Waals surface area contributed by atoms with E-state index < -0.39 is 17.7 Å². The van der Waals surface area contributed by atoms with Gasteiger partial charge in [-0.25, -0.2) is 8.78 Å². The number of hydrogen-bond acceptors (Lipinski definition) is 3. The molecule has 2 N–H and O–H groups in total. The Bertz CT molecular complexity index is 525. The molecule has 3 unspecified atom stereocenters. The molecule has 0 saturated carbocycles. The molecule has 1 fully saturated rings. The molecule has 1 aromatic rings. The second-order valence-electron chi connectivity index (χ2n) is 5.49. The van der Waals surface area contributed by atoms with Crippen LogP contribution in [-0.4, -0.2) is 37.7 Å². The van der Waals surface area contributed by atoms with Crippen molar-refractivity contribution in [1.82, 2.24) is 10.6 Å². The summed E-state index contributed by atoms with van der Waals surface area (Å²) in [6.07, 6.45) is 0.219. The number of rotatable bonds is 5. The third kappa shape index (κ3) is 4.01. The molecule has 1 heterocycles. The van der Waals surface area contributed by atoms with E-state index in [1.54, 1.807) is 13.0 Å². The van der Waals surface area contributed by atoms with E-state index in [4.69, 9.17) is 4.74 Å². The first-order chi connectivity index (χ1) is 10.5. The maximum absolute atomic E-state index is 13.5. The topological polar surface area (TPSA) is 50.4 Å². The number of amides is 1. The highest BCUT2D eigenvalue weighted by atomic mass is 19.2. The summed E-state index contributed by atoms with van der Waals surface area (Å²) in [4.78, 5) is 12.1. The summed E-state index contributed by atoms with van der Waals surface area (Å²) in [6.45, 7) is 5.35. The lowest BCUT2D eigenvalue weighted by Crippen LogP contribution is -2.52. The first-order valence-electron chi connectivity index (χ1n) is 7.60. The smallest absolute Gasteiger partial charge is 0.249 e. The van der Waals surface area contributed by atoms with Crippen LogP contribution in [0, 0.1) is 11.6 Å². The monoisotopic (exact) mass is 312 g/mol. The average Bonchev–Trinajstić information content (AvgIpc) is 2.51. The molecular formula is C16H22F2N2O2. The van der Waals surface area contributed by atoms with Gasteiger partial charge in [0.1, 0.15) is 6.10 Å². The van der Waals surface area contributed by atoms with Crippen LogP contribution < -0.4 is 10.6 Å². The van der Waals surface area contributed by atoms with Crippen molar-refractivity contribution >= 4 is 5.91 Å². The van der Waals surface area contributed by atoms with Crippen molar-refractivity contribution in [3.05, 3.63) is 35.4 Å². The number of benzene rings is 1. The van der Waals surface area contributed by atoms with Gasteiger partial charge in [-0.15, -0.1) is 0 Å². The quantitative estimate of drug-likeness (QED) is 0.874. The normalized spacial score (nSPS) is 23.1. The predicted octanol–water partition coefficient (Wildman–Crippen LogP) is 1.95. The molecule has 1 aliphatic heterocycles. The van der Waals surface area contributed by atoms with Crippen molar-refractivity contribution in [2.45, 2.75) is 38.3 Å². The largest absolute Gasteiger partial charge is 0.369 e. The van der Waals surface area contributed by atoms with E-state index >= 15 is 0 Å². The minimum atomic E-state index is -0.858. The first-order valence-corrected chi connectivity index (χ1v) is 7.60. The number of nitrogens with one attached hydrogen (secondary N) is 2. The standard InChI is InChI=1S/C16H22F2N2O2/c1-3-22-10(2)16(21)20-15-9-19-7-6-12(15)11-4-5-13(17)14(18)8-11/h4-5,8,10,12,15,19H,3,6-7,9H2,1-2H3,(H,20,21). The van der Waals surface area contributed by atoms with Crippen molar-refractivity contribution in [1.29, 1.82) is 0 Å². The molecule has 4 nitrogen and oxygen atoms in total. The second-order valence-corrected chi connectivity index (χ2v) is 5.49. The Morgan fingerprint density at radius 3 is 2.91 bits per heavy atom. The van der Waals surface area contributed by atoms with E-state index in [9.17, 15) is 13.6 Å². The van der Waals surface area contributed by atoms with Crippen LogP contribution >= 0.6 is 0 Å². The summed E-state index contributed by atoms with van der Waals surface area (Å²) in [5.41, 5.74) is 0.703. The maximum atomic E-state index is 13.5. The van der Waals surface area contributed by atoms with E-state index in [-0.39, 0.29) is 17.9 Å². The molecule has 2 rings (SSSR count). The highest BCUT2D eigenvalue weighted by Gasteiger charge is 2.29. The van der Waals surface area contributed by atoms with Crippen LogP contribution in [-0.2, 0) is 9.53 Å². The molecule has 22 heavy (non-hydrogen) atoms. The van der Waals surface area contributed by atoms with Crippen LogP contribution in [0.15, 0.2) is 18.2 Å². The summed E-state index contributed by atoms with van der Waals surface area (Å²) in [6, 6.07) is 3.76. The third-order valence-electron chi connectivity index (χ3n) is 3.97. The lowest BCUT2D eigenvalue weighted by molar-refractivity contribution is -0.132. The van der Waals surface area contributed by atoms with E-state index in [1.165, 1.54) is 6.07 Å². The van der Waals surface area contributed by atoms with E-state index in [0.717, 1.165) is 19.0 Å². The van der Waals surface area contributed by atoms with Crippen molar-refractivity contribution < 1.29 is 18.3 Å². The summed E-state index contributed by atoms with van der Waals surface area (Å²) in [7, 11) is 0. The molecule has 1 aliphatic rings. The van der Waals surface area contributed by atoms with Crippen LogP contribution in [0.4, 0.5) is 8.78 Å². The second kappa shape index (κ2) is 7.65. The fourth-order valence-corrected chi connectivity index (χ4v) is 2.78. The average molecular weight is 312 g/mol. The Morgan fingerprint density at radius 2 is 2.23 bits per heavy atom. The van der Waals surface area contributed by atoms with Gasteiger partial charge in [0.2, 0.25) is 5.91 Å². The zero-order valence-corrected chi connectivity index (χ0v) is 12.9. The molecule has 3 atom stereocenters. The molecule has 122 valence electrons. The molecule has 1 saturated heterocycles. The maximum Gasteiger partial charge on any atom is 0.249 e. The number of piperidine rings is 1. The van der Waals surface area contributed by atoms with Gasteiger partial charge in [-0.05, 0) is 44.5 Å². The minimum Gasteiger partial charge on any atom is -0.369 e. The molecule has 0 bridgehead atoms. The van der Waals surface area contributed by atoms with Crippen LogP contribution in [0.1, 0.15) is 31.7 Å². The first kappa shape index (κ1) is 16.8. The van der Waals surface area contributed by atoms with E-state index in [1.807, 2.05) is 6.92 Å². The zero-order chi connectivity index (χ0) is 16.1. The van der Waals surface area contributed by atoms with Gasteiger partial charge in [0, 0.05) is 25.1 Å². The molecule has 6 heteroatoms. The van der Waals surface area contributed by atoms with Gasteiger partial charge in [0.15, 0.2) is 11.6 Å². The Kier molecular flexibility index (Phi) is 5.85. The van der Waals surface area contributed by atoms with Crippen molar-refractivity contribution in [2.24, 2.45) is 0 Å². The predicted molar refractivity (Wildman–Crippen MR) is 79.6 cm³/mol. The minimum absolute atomic E-state index is 0.0471. The lowest BCUT2D eigenvalue weighted by atomic mass is 9.86. The molecule has 0 radical (unpaired) electrons. The number of hydrogen-bond donors (Lipinski definition) is 2. The molecule has 0 aliphatic carbocycles. The fraction of sp³-hybridized carbons (Fsp3) is 0.562. The van der Waals surface area contributed by atoms with Gasteiger partial charge < -0.3 is 15.4 Å². The van der Waals surface area contributed by atoms with E-state index in [0.29, 0.717) is 18.7 Å². The molecular weight excluding hydrogens is 290 g/mol. The summed E-state index contributed by atoms with van der Waals surface area (Å²) < 4.78 is 31.8. The Labute approximate surface area is 129 Å². The molecule has 0 spiro atoms. The highest BCUT2D eigenvalue weighted by molar-refractivity contribution is 5.80. The Balaban J connectivity index is 2.10. The molecule has 1 aromatic carbocycles. The van der Waals surface area contributed by atoms with Crippen LogP contribution in [0.25, 0.3) is 0 Å². The van der Waals surface area contributed by atoms with Gasteiger partial charge in [-0.2, -0.15) is 0 Å². The van der Waals surface area contributed by atoms with Gasteiger partial charge >= 0.3 is 0 Å². The SMILES string of the molecule is CCOC(C)C(=O)NC1CNCCC1c1ccc(F)c(F)c1.